The Morgan fingerprint density at radius 2 is 2.33 bits per heavy atom. The Morgan fingerprint density at radius 1 is 1.53 bits per heavy atom. The van der Waals surface area contributed by atoms with Crippen LogP contribution >= 0.6 is 15.9 Å². The molecule has 0 radical (unpaired) electrons. The van der Waals surface area contributed by atoms with Crippen LogP contribution < -0.4 is 15.4 Å². The van der Waals surface area contributed by atoms with E-state index in [-0.39, 0.29) is 19.1 Å². The summed E-state index contributed by atoms with van der Waals surface area (Å²) in [4.78, 5) is 4.42. The summed E-state index contributed by atoms with van der Waals surface area (Å²) in [6, 6.07) is 1.68. The van der Waals surface area contributed by atoms with Crippen LogP contribution in [0.25, 0.3) is 0 Å². The fourth-order valence-corrected chi connectivity index (χ4v) is 1.98. The predicted molar refractivity (Wildman–Crippen MR) is 54.1 cm³/mol. The van der Waals surface area contributed by atoms with Gasteiger partial charge in [-0.1, -0.05) is 15.9 Å². The molecule has 15 heavy (non-hydrogen) atoms. The SMILES string of the molecule is NOCCc1c(Br)cc2c(c1F)OCO2. The number of hydrogen-bond acceptors (Lipinski definition) is 4. The zero-order chi connectivity index (χ0) is 10.8. The summed E-state index contributed by atoms with van der Waals surface area (Å²) in [7, 11) is 0. The lowest BCUT2D eigenvalue weighted by molar-refractivity contribution is 0.140. The van der Waals surface area contributed by atoms with E-state index in [1.165, 1.54) is 0 Å². The van der Waals surface area contributed by atoms with E-state index in [0.29, 0.717) is 22.2 Å². The fourth-order valence-electron chi connectivity index (χ4n) is 1.40. The minimum absolute atomic E-state index is 0.0511. The molecule has 2 N–H and O–H groups in total. The van der Waals surface area contributed by atoms with Crippen LogP contribution in [0.15, 0.2) is 10.5 Å². The fraction of sp³-hybridized carbons (Fsp3) is 0.333. The molecule has 0 aromatic heterocycles. The molecule has 0 bridgehead atoms. The molecule has 1 aliphatic rings. The van der Waals surface area contributed by atoms with Gasteiger partial charge in [0.15, 0.2) is 11.6 Å². The highest BCUT2D eigenvalue weighted by molar-refractivity contribution is 9.10. The number of fused-ring (bicyclic) bond motifs is 1. The Bertz CT molecular complexity index is 386. The van der Waals surface area contributed by atoms with Gasteiger partial charge in [0.2, 0.25) is 12.5 Å². The van der Waals surface area contributed by atoms with E-state index in [1.807, 2.05) is 0 Å². The third kappa shape index (κ3) is 1.92. The lowest BCUT2D eigenvalue weighted by atomic mass is 10.1. The Kier molecular flexibility index (Phi) is 3.08. The van der Waals surface area contributed by atoms with Crippen LogP contribution in [0.5, 0.6) is 11.5 Å². The normalized spacial score (nSPS) is 13.3. The molecule has 2 rings (SSSR count). The second kappa shape index (κ2) is 4.34. The maximum atomic E-state index is 13.8. The minimum Gasteiger partial charge on any atom is -0.453 e. The Morgan fingerprint density at radius 3 is 3.07 bits per heavy atom. The van der Waals surface area contributed by atoms with Crippen molar-refractivity contribution in [2.75, 3.05) is 13.4 Å². The van der Waals surface area contributed by atoms with Crippen LogP contribution in [0.3, 0.4) is 0 Å². The summed E-state index contributed by atoms with van der Waals surface area (Å²) in [6.07, 6.45) is 0.375. The van der Waals surface area contributed by atoms with Crippen molar-refractivity contribution < 1.29 is 18.7 Å². The molecule has 6 heteroatoms. The zero-order valence-electron chi connectivity index (χ0n) is 7.76. The highest BCUT2D eigenvalue weighted by Crippen LogP contribution is 2.40. The van der Waals surface area contributed by atoms with Gasteiger partial charge in [-0.25, -0.2) is 10.3 Å². The van der Waals surface area contributed by atoms with Gasteiger partial charge in [0, 0.05) is 16.5 Å². The van der Waals surface area contributed by atoms with E-state index in [1.54, 1.807) is 6.07 Å². The van der Waals surface area contributed by atoms with Gasteiger partial charge in [0.05, 0.1) is 6.61 Å². The highest BCUT2D eigenvalue weighted by atomic mass is 79.9. The van der Waals surface area contributed by atoms with E-state index >= 15 is 0 Å². The smallest absolute Gasteiger partial charge is 0.231 e. The molecule has 82 valence electrons. The van der Waals surface area contributed by atoms with Gasteiger partial charge < -0.3 is 14.3 Å². The van der Waals surface area contributed by atoms with Crippen molar-refractivity contribution in [3.8, 4) is 11.5 Å². The average Bonchev–Trinajstić information content (AvgIpc) is 2.65. The molecule has 0 saturated carbocycles. The summed E-state index contributed by atoms with van der Waals surface area (Å²) in [5.74, 6) is 5.04. The van der Waals surface area contributed by atoms with E-state index in [9.17, 15) is 4.39 Å². The molecule has 1 heterocycles. The molecule has 0 atom stereocenters. The largest absolute Gasteiger partial charge is 0.453 e. The van der Waals surface area contributed by atoms with Crippen molar-refractivity contribution in [3.05, 3.63) is 21.9 Å². The van der Waals surface area contributed by atoms with Gasteiger partial charge >= 0.3 is 0 Å². The Balaban J connectivity index is 2.37. The van der Waals surface area contributed by atoms with Crippen molar-refractivity contribution in [2.24, 2.45) is 5.90 Å². The van der Waals surface area contributed by atoms with Gasteiger partial charge in [0.25, 0.3) is 0 Å². The van der Waals surface area contributed by atoms with Crippen molar-refractivity contribution >= 4 is 15.9 Å². The first-order valence-electron chi connectivity index (χ1n) is 4.32. The average molecular weight is 278 g/mol. The molecule has 1 aromatic rings. The minimum atomic E-state index is -0.422. The van der Waals surface area contributed by atoms with Crippen LogP contribution in [-0.2, 0) is 11.3 Å². The van der Waals surface area contributed by atoms with Crippen molar-refractivity contribution in [1.29, 1.82) is 0 Å². The number of rotatable bonds is 3. The highest BCUT2D eigenvalue weighted by Gasteiger charge is 2.23. The number of nitrogens with two attached hydrogens (primary N) is 1. The van der Waals surface area contributed by atoms with Crippen LogP contribution in [0.1, 0.15) is 5.56 Å². The van der Waals surface area contributed by atoms with Gasteiger partial charge in [-0.15, -0.1) is 0 Å². The molecule has 0 aliphatic carbocycles. The van der Waals surface area contributed by atoms with Gasteiger partial charge in [-0.3, -0.25) is 0 Å². The standard InChI is InChI=1S/C9H9BrFNO3/c10-6-3-7-9(14-4-13-7)8(11)5(6)1-2-15-12/h3H,1-2,4,12H2. The summed E-state index contributed by atoms with van der Waals surface area (Å²) >= 11 is 3.26. The summed E-state index contributed by atoms with van der Waals surface area (Å²) < 4.78 is 24.5. The van der Waals surface area contributed by atoms with Crippen molar-refractivity contribution in [2.45, 2.75) is 6.42 Å². The lowest BCUT2D eigenvalue weighted by Crippen LogP contribution is -2.06. The maximum absolute atomic E-state index is 13.8. The second-order valence-electron chi connectivity index (χ2n) is 3.01. The second-order valence-corrected chi connectivity index (χ2v) is 3.86. The van der Waals surface area contributed by atoms with Crippen LogP contribution in [0.4, 0.5) is 4.39 Å². The van der Waals surface area contributed by atoms with E-state index < -0.39 is 5.82 Å². The maximum Gasteiger partial charge on any atom is 0.231 e. The molecule has 0 unspecified atom stereocenters. The third-order valence-corrected chi connectivity index (χ3v) is 2.83. The summed E-state index contributed by atoms with van der Waals surface area (Å²) in [6.45, 7) is 0.296. The van der Waals surface area contributed by atoms with Crippen LogP contribution in [0, 0.1) is 5.82 Å². The molecule has 1 aliphatic heterocycles. The van der Waals surface area contributed by atoms with E-state index in [0.717, 1.165) is 0 Å². The van der Waals surface area contributed by atoms with Gasteiger partial charge in [-0.05, 0) is 6.07 Å². The Labute approximate surface area is 94.2 Å². The zero-order valence-corrected chi connectivity index (χ0v) is 9.34. The molecule has 0 amide bonds. The topological polar surface area (TPSA) is 53.7 Å². The third-order valence-electron chi connectivity index (χ3n) is 2.12. The van der Waals surface area contributed by atoms with Crippen molar-refractivity contribution in [1.82, 2.24) is 0 Å². The number of benzene rings is 1. The number of ether oxygens (including phenoxy) is 2. The molecule has 0 saturated heterocycles. The van der Waals surface area contributed by atoms with Crippen molar-refractivity contribution in [3.63, 3.8) is 0 Å². The van der Waals surface area contributed by atoms with E-state index in [2.05, 4.69) is 20.8 Å². The number of halogens is 2. The molecule has 4 nitrogen and oxygen atoms in total. The van der Waals surface area contributed by atoms with Gasteiger partial charge in [0.1, 0.15) is 0 Å². The summed E-state index contributed by atoms with van der Waals surface area (Å²) in [5, 5.41) is 0. The summed E-state index contributed by atoms with van der Waals surface area (Å²) in [5.41, 5.74) is 0.477. The first kappa shape index (κ1) is 10.7. The quantitative estimate of drug-likeness (QED) is 0.856. The monoisotopic (exact) mass is 277 g/mol. The molecule has 1 aromatic carbocycles. The first-order chi connectivity index (χ1) is 7.24. The lowest BCUT2D eigenvalue weighted by Gasteiger charge is -2.07. The number of hydrogen-bond donors (Lipinski definition) is 1. The molecule has 0 fully saturated rings. The molecular weight excluding hydrogens is 269 g/mol. The predicted octanol–water partition coefficient (Wildman–Crippen LogP) is 1.75. The van der Waals surface area contributed by atoms with Crippen LogP contribution in [0.2, 0.25) is 0 Å². The first-order valence-corrected chi connectivity index (χ1v) is 5.11. The van der Waals surface area contributed by atoms with Crippen LogP contribution in [-0.4, -0.2) is 13.4 Å². The van der Waals surface area contributed by atoms with Gasteiger partial charge in [-0.2, -0.15) is 0 Å². The van der Waals surface area contributed by atoms with E-state index in [4.69, 9.17) is 15.4 Å². The Hall–Kier alpha value is -0.850. The molecule has 0 spiro atoms. The molecular formula is C9H9BrFNO3.